The lowest BCUT2D eigenvalue weighted by Gasteiger charge is -2.11. The van der Waals surface area contributed by atoms with Gasteiger partial charge in [-0.3, -0.25) is 0 Å². The number of nitrogens with zero attached hydrogens (tertiary/aromatic N) is 3. The third-order valence-electron chi connectivity index (χ3n) is 1.27. The van der Waals surface area contributed by atoms with E-state index in [0.717, 1.165) is 8.28 Å². The molecule has 0 aliphatic heterocycles. The highest BCUT2D eigenvalue weighted by Gasteiger charge is 2.18. The summed E-state index contributed by atoms with van der Waals surface area (Å²) in [6.45, 7) is 0. The SMILES string of the molecule is CN(C)S(=O)(=O)n1ccnc1Cl. The van der Waals surface area contributed by atoms with Crippen LogP contribution in [0.5, 0.6) is 0 Å². The minimum absolute atomic E-state index is 0.0660. The summed E-state index contributed by atoms with van der Waals surface area (Å²) in [4.78, 5) is 3.59. The molecule has 0 spiro atoms. The second kappa shape index (κ2) is 3.04. The Labute approximate surface area is 75.8 Å². The summed E-state index contributed by atoms with van der Waals surface area (Å²) in [5.74, 6) is 0. The molecule has 5 nitrogen and oxygen atoms in total. The zero-order chi connectivity index (χ0) is 9.35. The molecule has 1 aromatic heterocycles. The van der Waals surface area contributed by atoms with Gasteiger partial charge in [0.2, 0.25) is 5.28 Å². The Hall–Kier alpha value is -0.590. The van der Waals surface area contributed by atoms with Crippen molar-refractivity contribution in [1.29, 1.82) is 0 Å². The first-order chi connectivity index (χ1) is 5.46. The average Bonchev–Trinajstić information content (AvgIpc) is 2.35. The van der Waals surface area contributed by atoms with Crippen LogP contribution in [-0.4, -0.2) is 35.8 Å². The molecule has 7 heteroatoms. The maximum Gasteiger partial charge on any atom is 0.309 e. The lowest BCUT2D eigenvalue weighted by Crippen LogP contribution is -2.28. The Bertz CT molecular complexity index is 370. The van der Waals surface area contributed by atoms with E-state index in [1.54, 1.807) is 0 Å². The molecule has 0 saturated carbocycles. The molecule has 1 heterocycles. The molecular weight excluding hydrogens is 202 g/mol. The first-order valence-corrected chi connectivity index (χ1v) is 4.85. The second-order valence-corrected chi connectivity index (χ2v) is 4.64. The van der Waals surface area contributed by atoms with Crippen LogP contribution >= 0.6 is 11.6 Å². The number of hydrogen-bond acceptors (Lipinski definition) is 3. The predicted molar refractivity (Wildman–Crippen MR) is 45.2 cm³/mol. The Kier molecular flexibility index (Phi) is 2.41. The highest BCUT2D eigenvalue weighted by atomic mass is 35.5. The fourth-order valence-electron chi connectivity index (χ4n) is 0.622. The summed E-state index contributed by atoms with van der Waals surface area (Å²) >= 11 is 5.51. The summed E-state index contributed by atoms with van der Waals surface area (Å²) in [5.41, 5.74) is 0. The smallest absolute Gasteiger partial charge is 0.226 e. The molecule has 1 rings (SSSR count). The molecule has 0 amide bonds. The molecule has 68 valence electrons. The molecule has 0 radical (unpaired) electrons. The van der Waals surface area contributed by atoms with Gasteiger partial charge in [-0.05, 0) is 11.6 Å². The van der Waals surface area contributed by atoms with Crippen molar-refractivity contribution in [2.75, 3.05) is 14.1 Å². The Morgan fingerprint density at radius 1 is 1.58 bits per heavy atom. The number of hydrogen-bond donors (Lipinski definition) is 0. The first kappa shape index (κ1) is 9.50. The molecule has 0 fully saturated rings. The summed E-state index contributed by atoms with van der Waals surface area (Å²) in [6.07, 6.45) is 2.61. The predicted octanol–water partition coefficient (Wildman–Crippen LogP) is 0.191. The van der Waals surface area contributed by atoms with E-state index in [0.29, 0.717) is 0 Å². The molecule has 0 saturated heterocycles. The van der Waals surface area contributed by atoms with E-state index in [-0.39, 0.29) is 5.28 Å². The third-order valence-corrected chi connectivity index (χ3v) is 3.37. The standard InChI is InChI=1S/C5H8ClN3O2S/c1-8(2)12(10,11)9-4-3-7-5(9)6/h3-4H,1-2H3. The van der Waals surface area contributed by atoms with Gasteiger partial charge < -0.3 is 0 Å². The first-order valence-electron chi connectivity index (χ1n) is 3.08. The van der Waals surface area contributed by atoms with Crippen LogP contribution in [0, 0.1) is 0 Å². The van der Waals surface area contributed by atoms with Crippen molar-refractivity contribution in [3.05, 3.63) is 17.7 Å². The molecular formula is C5H8ClN3O2S. The summed E-state index contributed by atoms with van der Waals surface area (Å²) in [5, 5.41) is -0.0660. The fourth-order valence-corrected chi connectivity index (χ4v) is 1.79. The second-order valence-electron chi connectivity index (χ2n) is 2.28. The van der Waals surface area contributed by atoms with Gasteiger partial charge in [-0.1, -0.05) is 0 Å². The summed E-state index contributed by atoms with van der Waals surface area (Å²) < 4.78 is 24.7. The molecule has 0 unspecified atom stereocenters. The highest BCUT2D eigenvalue weighted by Crippen LogP contribution is 2.09. The number of aromatic nitrogens is 2. The maximum absolute atomic E-state index is 11.4. The molecule has 12 heavy (non-hydrogen) atoms. The minimum atomic E-state index is -3.51. The van der Waals surface area contributed by atoms with Gasteiger partial charge in [-0.25, -0.2) is 8.96 Å². The summed E-state index contributed by atoms with van der Waals surface area (Å²) in [6, 6.07) is 0. The van der Waals surface area contributed by atoms with Crippen molar-refractivity contribution in [2.45, 2.75) is 0 Å². The minimum Gasteiger partial charge on any atom is -0.226 e. The Balaban J connectivity index is 3.24. The van der Waals surface area contributed by atoms with Crippen LogP contribution < -0.4 is 0 Å². The quantitative estimate of drug-likeness (QED) is 0.699. The topological polar surface area (TPSA) is 55.2 Å². The van der Waals surface area contributed by atoms with Crippen LogP contribution in [0.1, 0.15) is 0 Å². The van der Waals surface area contributed by atoms with Crippen molar-refractivity contribution in [2.24, 2.45) is 0 Å². The van der Waals surface area contributed by atoms with E-state index >= 15 is 0 Å². The largest absolute Gasteiger partial charge is 0.309 e. The molecule has 1 aromatic rings. The van der Waals surface area contributed by atoms with Crippen molar-refractivity contribution in [3.63, 3.8) is 0 Å². The van der Waals surface area contributed by atoms with Gasteiger partial charge in [0.05, 0.1) is 0 Å². The van der Waals surface area contributed by atoms with Crippen molar-refractivity contribution < 1.29 is 8.42 Å². The Morgan fingerprint density at radius 2 is 2.17 bits per heavy atom. The van der Waals surface area contributed by atoms with Gasteiger partial charge in [0, 0.05) is 26.5 Å². The zero-order valence-corrected chi connectivity index (χ0v) is 8.17. The van der Waals surface area contributed by atoms with Gasteiger partial charge in [0.25, 0.3) is 0 Å². The van der Waals surface area contributed by atoms with Crippen molar-refractivity contribution >= 4 is 21.8 Å². The van der Waals surface area contributed by atoms with Crippen LogP contribution in [0.4, 0.5) is 0 Å². The molecule has 0 aromatic carbocycles. The van der Waals surface area contributed by atoms with Gasteiger partial charge >= 0.3 is 10.2 Å². The van der Waals surface area contributed by atoms with Crippen molar-refractivity contribution in [3.8, 4) is 0 Å². The van der Waals surface area contributed by atoms with Crippen LogP contribution in [0.2, 0.25) is 5.28 Å². The molecule has 0 atom stereocenters. The lowest BCUT2D eigenvalue weighted by molar-refractivity contribution is 0.511. The zero-order valence-electron chi connectivity index (χ0n) is 6.60. The van der Waals surface area contributed by atoms with Gasteiger partial charge in [-0.15, -0.1) is 0 Å². The average molecular weight is 210 g/mol. The summed E-state index contributed by atoms with van der Waals surface area (Å²) in [7, 11) is -0.664. The number of rotatable bonds is 2. The van der Waals surface area contributed by atoms with Crippen LogP contribution in [-0.2, 0) is 10.2 Å². The van der Waals surface area contributed by atoms with E-state index in [9.17, 15) is 8.42 Å². The van der Waals surface area contributed by atoms with Gasteiger partial charge in [0.15, 0.2) is 0 Å². The molecule has 0 N–H and O–H groups in total. The van der Waals surface area contributed by atoms with Crippen LogP contribution in [0.25, 0.3) is 0 Å². The van der Waals surface area contributed by atoms with E-state index in [4.69, 9.17) is 11.6 Å². The lowest BCUT2D eigenvalue weighted by atomic mass is 11.0. The van der Waals surface area contributed by atoms with E-state index in [2.05, 4.69) is 4.98 Å². The molecule has 0 aliphatic rings. The normalized spacial score (nSPS) is 12.3. The Morgan fingerprint density at radius 3 is 2.50 bits per heavy atom. The molecule has 0 bridgehead atoms. The number of halogens is 1. The van der Waals surface area contributed by atoms with Crippen LogP contribution in [0.15, 0.2) is 12.4 Å². The van der Waals surface area contributed by atoms with E-state index < -0.39 is 10.2 Å². The van der Waals surface area contributed by atoms with Gasteiger partial charge in [0.1, 0.15) is 0 Å². The van der Waals surface area contributed by atoms with Crippen molar-refractivity contribution in [1.82, 2.24) is 13.3 Å². The maximum atomic E-state index is 11.4. The highest BCUT2D eigenvalue weighted by molar-refractivity contribution is 7.87. The monoisotopic (exact) mass is 209 g/mol. The van der Waals surface area contributed by atoms with E-state index in [1.807, 2.05) is 0 Å². The molecule has 0 aliphatic carbocycles. The van der Waals surface area contributed by atoms with Gasteiger partial charge in [-0.2, -0.15) is 12.7 Å². The van der Waals surface area contributed by atoms with Crippen LogP contribution in [0.3, 0.4) is 0 Å². The van der Waals surface area contributed by atoms with E-state index in [1.165, 1.54) is 26.5 Å². The number of imidazole rings is 1. The third kappa shape index (κ3) is 1.45. The fraction of sp³-hybridized carbons (Fsp3) is 0.400.